The standard InChI is InChI=1S/C11H18O5/c1-11(2)15-8(4-5-12)6-9(16-11)7-10(13)14-3/h5,8-9H,4,6-7H2,1-3H3. The predicted octanol–water partition coefficient (Wildman–Crippen LogP) is 1.05. The molecule has 0 spiro atoms. The second-order valence-corrected chi connectivity index (χ2v) is 4.30. The van der Waals surface area contributed by atoms with E-state index in [1.807, 2.05) is 0 Å². The van der Waals surface area contributed by atoms with Crippen molar-refractivity contribution < 1.29 is 23.8 Å². The lowest BCUT2D eigenvalue weighted by atomic mass is 10.0. The van der Waals surface area contributed by atoms with Gasteiger partial charge in [0.1, 0.15) is 6.29 Å². The molecule has 1 aliphatic heterocycles. The number of esters is 1. The molecular formula is C11H18O5. The minimum absolute atomic E-state index is 0.184. The Labute approximate surface area is 95.0 Å². The SMILES string of the molecule is COC(=O)CC1CC(CC=O)OC(C)(C)O1. The number of rotatable bonds is 4. The Morgan fingerprint density at radius 3 is 2.62 bits per heavy atom. The molecule has 5 nitrogen and oxygen atoms in total. The molecule has 92 valence electrons. The van der Waals surface area contributed by atoms with Crippen molar-refractivity contribution in [3.05, 3.63) is 0 Å². The summed E-state index contributed by atoms with van der Waals surface area (Å²) in [6, 6.07) is 0. The first kappa shape index (κ1) is 13.1. The fourth-order valence-electron chi connectivity index (χ4n) is 1.87. The third-order valence-corrected chi connectivity index (χ3v) is 2.41. The van der Waals surface area contributed by atoms with E-state index >= 15 is 0 Å². The zero-order valence-corrected chi connectivity index (χ0v) is 9.89. The second kappa shape index (κ2) is 5.41. The largest absolute Gasteiger partial charge is 0.469 e. The maximum atomic E-state index is 11.1. The third-order valence-electron chi connectivity index (χ3n) is 2.41. The van der Waals surface area contributed by atoms with E-state index in [0.717, 1.165) is 6.29 Å². The smallest absolute Gasteiger partial charge is 0.308 e. The van der Waals surface area contributed by atoms with Gasteiger partial charge in [0.15, 0.2) is 5.79 Å². The van der Waals surface area contributed by atoms with Crippen molar-refractivity contribution in [1.82, 2.24) is 0 Å². The van der Waals surface area contributed by atoms with Gasteiger partial charge in [0.25, 0.3) is 0 Å². The van der Waals surface area contributed by atoms with Gasteiger partial charge in [0.05, 0.1) is 25.7 Å². The summed E-state index contributed by atoms with van der Waals surface area (Å²) in [5.74, 6) is -1.07. The highest BCUT2D eigenvalue weighted by molar-refractivity contribution is 5.69. The molecule has 0 bridgehead atoms. The van der Waals surface area contributed by atoms with Crippen LogP contribution in [0.1, 0.15) is 33.1 Å². The molecule has 1 aliphatic rings. The summed E-state index contributed by atoms with van der Waals surface area (Å²) in [6.45, 7) is 3.54. The lowest BCUT2D eigenvalue weighted by molar-refractivity contribution is -0.298. The van der Waals surface area contributed by atoms with Crippen LogP contribution in [0.2, 0.25) is 0 Å². The Hall–Kier alpha value is -0.940. The highest BCUT2D eigenvalue weighted by Crippen LogP contribution is 2.29. The van der Waals surface area contributed by atoms with Gasteiger partial charge in [0, 0.05) is 12.8 Å². The van der Waals surface area contributed by atoms with Crippen LogP contribution in [-0.2, 0) is 23.8 Å². The molecule has 1 saturated heterocycles. The molecule has 0 aromatic heterocycles. The molecule has 1 rings (SSSR count). The van der Waals surface area contributed by atoms with Gasteiger partial charge in [-0.2, -0.15) is 0 Å². The van der Waals surface area contributed by atoms with Crippen molar-refractivity contribution in [2.75, 3.05) is 7.11 Å². The first-order valence-corrected chi connectivity index (χ1v) is 5.33. The molecule has 0 aromatic carbocycles. The van der Waals surface area contributed by atoms with Crippen LogP contribution in [0.3, 0.4) is 0 Å². The van der Waals surface area contributed by atoms with E-state index in [1.165, 1.54) is 7.11 Å². The van der Waals surface area contributed by atoms with E-state index in [4.69, 9.17) is 9.47 Å². The van der Waals surface area contributed by atoms with E-state index in [1.54, 1.807) is 13.8 Å². The summed E-state index contributed by atoms with van der Waals surface area (Å²) in [7, 11) is 1.34. The molecule has 0 aromatic rings. The second-order valence-electron chi connectivity index (χ2n) is 4.30. The number of hydrogen-bond acceptors (Lipinski definition) is 5. The molecule has 16 heavy (non-hydrogen) atoms. The maximum absolute atomic E-state index is 11.1. The van der Waals surface area contributed by atoms with Crippen molar-refractivity contribution in [3.63, 3.8) is 0 Å². The summed E-state index contributed by atoms with van der Waals surface area (Å²) < 4.78 is 15.7. The zero-order chi connectivity index (χ0) is 12.2. The van der Waals surface area contributed by atoms with Gasteiger partial charge in [-0.05, 0) is 13.8 Å². The van der Waals surface area contributed by atoms with Crippen LogP contribution < -0.4 is 0 Å². The van der Waals surface area contributed by atoms with Gasteiger partial charge in [-0.3, -0.25) is 4.79 Å². The summed E-state index contributed by atoms with van der Waals surface area (Å²) in [4.78, 5) is 21.6. The van der Waals surface area contributed by atoms with Crippen molar-refractivity contribution in [2.45, 2.75) is 51.1 Å². The van der Waals surface area contributed by atoms with Gasteiger partial charge < -0.3 is 19.0 Å². The minimum atomic E-state index is -0.759. The van der Waals surface area contributed by atoms with Crippen molar-refractivity contribution in [3.8, 4) is 0 Å². The van der Waals surface area contributed by atoms with Crippen molar-refractivity contribution in [2.24, 2.45) is 0 Å². The van der Waals surface area contributed by atoms with E-state index < -0.39 is 5.79 Å². The van der Waals surface area contributed by atoms with E-state index in [2.05, 4.69) is 4.74 Å². The van der Waals surface area contributed by atoms with Crippen molar-refractivity contribution >= 4 is 12.3 Å². The Kier molecular flexibility index (Phi) is 4.44. The number of methoxy groups -OCH3 is 1. The lowest BCUT2D eigenvalue weighted by Crippen LogP contribution is -2.45. The fourth-order valence-corrected chi connectivity index (χ4v) is 1.87. The number of ether oxygens (including phenoxy) is 3. The summed E-state index contributed by atoms with van der Waals surface area (Å²) in [5, 5.41) is 0. The quantitative estimate of drug-likeness (QED) is 0.533. The van der Waals surface area contributed by atoms with Gasteiger partial charge >= 0.3 is 5.97 Å². The van der Waals surface area contributed by atoms with Crippen LogP contribution >= 0.6 is 0 Å². The molecular weight excluding hydrogens is 212 g/mol. The normalized spacial score (nSPS) is 28.4. The van der Waals surface area contributed by atoms with Gasteiger partial charge in [-0.15, -0.1) is 0 Å². The summed E-state index contributed by atoms with van der Waals surface area (Å²) in [5.41, 5.74) is 0. The molecule has 2 atom stereocenters. The number of carbonyl (C=O) groups is 2. The van der Waals surface area contributed by atoms with Crippen LogP contribution in [0, 0.1) is 0 Å². The summed E-state index contributed by atoms with van der Waals surface area (Å²) in [6.07, 6.45) is 1.44. The Balaban J connectivity index is 2.57. The monoisotopic (exact) mass is 230 g/mol. The highest BCUT2D eigenvalue weighted by Gasteiger charge is 2.36. The van der Waals surface area contributed by atoms with Crippen LogP contribution in [0.15, 0.2) is 0 Å². The van der Waals surface area contributed by atoms with Gasteiger partial charge in [-0.1, -0.05) is 0 Å². The topological polar surface area (TPSA) is 61.8 Å². The van der Waals surface area contributed by atoms with Crippen LogP contribution in [0.25, 0.3) is 0 Å². The molecule has 0 radical (unpaired) electrons. The number of carbonyl (C=O) groups excluding carboxylic acids is 2. The van der Waals surface area contributed by atoms with Crippen LogP contribution in [0.4, 0.5) is 0 Å². The highest BCUT2D eigenvalue weighted by atomic mass is 16.7. The van der Waals surface area contributed by atoms with Crippen LogP contribution in [0.5, 0.6) is 0 Å². The van der Waals surface area contributed by atoms with Gasteiger partial charge in [0.2, 0.25) is 0 Å². The Bertz CT molecular complexity index is 261. The zero-order valence-electron chi connectivity index (χ0n) is 9.89. The third kappa shape index (κ3) is 3.90. The Morgan fingerprint density at radius 2 is 2.06 bits per heavy atom. The first-order chi connectivity index (χ1) is 7.46. The maximum Gasteiger partial charge on any atom is 0.308 e. The number of hydrogen-bond donors (Lipinski definition) is 0. The molecule has 0 saturated carbocycles. The molecule has 1 fully saturated rings. The van der Waals surface area contributed by atoms with E-state index in [9.17, 15) is 9.59 Å². The molecule has 2 unspecified atom stereocenters. The lowest BCUT2D eigenvalue weighted by Gasteiger charge is -2.40. The molecule has 0 aliphatic carbocycles. The van der Waals surface area contributed by atoms with E-state index in [-0.39, 0.29) is 24.6 Å². The first-order valence-electron chi connectivity index (χ1n) is 5.33. The van der Waals surface area contributed by atoms with E-state index in [0.29, 0.717) is 12.8 Å². The fraction of sp³-hybridized carbons (Fsp3) is 0.818. The molecule has 0 amide bonds. The van der Waals surface area contributed by atoms with Crippen molar-refractivity contribution in [1.29, 1.82) is 0 Å². The average molecular weight is 230 g/mol. The molecule has 0 N–H and O–H groups in total. The predicted molar refractivity (Wildman–Crippen MR) is 55.8 cm³/mol. The molecule has 5 heteroatoms. The van der Waals surface area contributed by atoms with Crippen LogP contribution in [-0.4, -0.2) is 37.4 Å². The Morgan fingerprint density at radius 1 is 1.44 bits per heavy atom. The average Bonchev–Trinajstić information content (AvgIpc) is 2.15. The number of aldehydes is 1. The summed E-state index contributed by atoms with van der Waals surface area (Å²) >= 11 is 0. The molecule has 1 heterocycles. The minimum Gasteiger partial charge on any atom is -0.469 e. The van der Waals surface area contributed by atoms with Gasteiger partial charge in [-0.25, -0.2) is 0 Å².